The highest BCUT2D eigenvalue weighted by molar-refractivity contribution is 9.10. The zero-order valence-electron chi connectivity index (χ0n) is 9.24. The van der Waals surface area contributed by atoms with Crippen molar-refractivity contribution in [2.75, 3.05) is 5.32 Å². The molecule has 5 heteroatoms. The molecule has 0 bridgehead atoms. The van der Waals surface area contributed by atoms with Crippen molar-refractivity contribution in [1.82, 2.24) is 9.97 Å². The Bertz CT molecular complexity index is 514. The number of hydrogen-bond donors (Lipinski definition) is 1. The summed E-state index contributed by atoms with van der Waals surface area (Å²) in [4.78, 5) is 8.07. The van der Waals surface area contributed by atoms with Gasteiger partial charge in [-0.3, -0.25) is 0 Å². The maximum absolute atomic E-state index is 5.92. The van der Waals surface area contributed by atoms with Gasteiger partial charge in [0.1, 0.15) is 17.3 Å². The maximum Gasteiger partial charge on any atom is 0.137 e. The van der Waals surface area contributed by atoms with Crippen molar-refractivity contribution in [3.63, 3.8) is 0 Å². The van der Waals surface area contributed by atoms with Crippen LogP contribution in [-0.4, -0.2) is 9.97 Å². The molecule has 0 saturated heterocycles. The van der Waals surface area contributed by atoms with E-state index in [9.17, 15) is 0 Å². The fourth-order valence-corrected chi connectivity index (χ4v) is 1.79. The molecule has 0 saturated carbocycles. The molecule has 0 amide bonds. The second kappa shape index (κ2) is 5.47. The monoisotopic (exact) mass is 311 g/mol. The van der Waals surface area contributed by atoms with E-state index in [0.29, 0.717) is 11.7 Å². The van der Waals surface area contributed by atoms with Crippen molar-refractivity contribution < 1.29 is 0 Å². The SMILES string of the molecule is Cc1c(Cl)ncnc1NCc1ccc(Br)cc1. The van der Waals surface area contributed by atoms with Gasteiger partial charge in [0.15, 0.2) is 0 Å². The van der Waals surface area contributed by atoms with Crippen LogP contribution < -0.4 is 5.32 Å². The molecule has 0 aliphatic carbocycles. The summed E-state index contributed by atoms with van der Waals surface area (Å²) in [6.45, 7) is 2.60. The average molecular weight is 313 g/mol. The Labute approximate surface area is 113 Å². The standard InChI is InChI=1S/C12H11BrClN3/c1-8-11(14)16-7-17-12(8)15-6-9-2-4-10(13)5-3-9/h2-5,7H,6H2,1H3,(H,15,16,17). The zero-order chi connectivity index (χ0) is 12.3. The van der Waals surface area contributed by atoms with Crippen LogP contribution in [0.3, 0.4) is 0 Å². The lowest BCUT2D eigenvalue weighted by Gasteiger charge is -2.08. The number of aromatic nitrogens is 2. The highest BCUT2D eigenvalue weighted by Crippen LogP contribution is 2.18. The Morgan fingerprint density at radius 3 is 2.65 bits per heavy atom. The molecule has 1 N–H and O–H groups in total. The number of rotatable bonds is 3. The zero-order valence-corrected chi connectivity index (χ0v) is 11.6. The minimum Gasteiger partial charge on any atom is -0.366 e. The van der Waals surface area contributed by atoms with E-state index in [1.165, 1.54) is 11.9 Å². The molecule has 0 atom stereocenters. The molecule has 0 aliphatic heterocycles. The molecule has 1 aromatic carbocycles. The van der Waals surface area contributed by atoms with Gasteiger partial charge in [-0.2, -0.15) is 0 Å². The minimum atomic E-state index is 0.485. The van der Waals surface area contributed by atoms with Crippen LogP contribution in [0.4, 0.5) is 5.82 Å². The number of halogens is 2. The summed E-state index contributed by atoms with van der Waals surface area (Å²) in [5.41, 5.74) is 2.05. The highest BCUT2D eigenvalue weighted by atomic mass is 79.9. The Kier molecular flexibility index (Phi) is 3.97. The van der Waals surface area contributed by atoms with Crippen LogP contribution in [-0.2, 0) is 6.54 Å². The van der Waals surface area contributed by atoms with E-state index in [2.05, 4.69) is 43.3 Å². The van der Waals surface area contributed by atoms with E-state index in [1.807, 2.05) is 19.1 Å². The Hall–Kier alpha value is -1.13. The van der Waals surface area contributed by atoms with Gasteiger partial charge < -0.3 is 5.32 Å². The van der Waals surface area contributed by atoms with Gasteiger partial charge >= 0.3 is 0 Å². The number of anilines is 1. The summed E-state index contributed by atoms with van der Waals surface area (Å²) in [5, 5.41) is 3.72. The van der Waals surface area contributed by atoms with Crippen LogP contribution in [0.15, 0.2) is 35.1 Å². The Balaban J connectivity index is 2.07. The lowest BCUT2D eigenvalue weighted by atomic mass is 10.2. The molecule has 1 aromatic heterocycles. The molecule has 17 heavy (non-hydrogen) atoms. The molecule has 0 spiro atoms. The van der Waals surface area contributed by atoms with Crippen LogP contribution in [0.2, 0.25) is 5.15 Å². The summed E-state index contributed by atoms with van der Waals surface area (Å²) < 4.78 is 1.07. The number of nitrogens with zero attached hydrogens (tertiary/aromatic N) is 2. The topological polar surface area (TPSA) is 37.8 Å². The number of hydrogen-bond acceptors (Lipinski definition) is 3. The number of nitrogens with one attached hydrogen (secondary N) is 1. The molecule has 1 heterocycles. The van der Waals surface area contributed by atoms with Crippen LogP contribution in [0, 0.1) is 6.92 Å². The molecule has 2 rings (SSSR count). The molecular formula is C12H11BrClN3. The summed E-state index contributed by atoms with van der Waals surface area (Å²) in [5.74, 6) is 0.771. The summed E-state index contributed by atoms with van der Waals surface area (Å²) >= 11 is 9.32. The van der Waals surface area contributed by atoms with E-state index in [0.717, 1.165) is 15.9 Å². The second-order valence-electron chi connectivity index (χ2n) is 3.62. The first-order valence-electron chi connectivity index (χ1n) is 5.12. The van der Waals surface area contributed by atoms with Gasteiger partial charge in [0.25, 0.3) is 0 Å². The third kappa shape index (κ3) is 3.17. The predicted octanol–water partition coefficient (Wildman–Crippen LogP) is 3.81. The fraction of sp³-hybridized carbons (Fsp3) is 0.167. The van der Waals surface area contributed by atoms with E-state index in [4.69, 9.17) is 11.6 Å². The van der Waals surface area contributed by atoms with Crippen molar-refractivity contribution in [2.24, 2.45) is 0 Å². The summed E-state index contributed by atoms with van der Waals surface area (Å²) in [7, 11) is 0. The first-order chi connectivity index (χ1) is 8.16. The van der Waals surface area contributed by atoms with Crippen LogP contribution in [0.5, 0.6) is 0 Å². The van der Waals surface area contributed by atoms with E-state index in [1.54, 1.807) is 0 Å². The Morgan fingerprint density at radius 2 is 1.94 bits per heavy atom. The first kappa shape index (κ1) is 12.3. The molecule has 88 valence electrons. The van der Waals surface area contributed by atoms with Crippen molar-refractivity contribution in [2.45, 2.75) is 13.5 Å². The number of benzene rings is 1. The van der Waals surface area contributed by atoms with E-state index < -0.39 is 0 Å². The van der Waals surface area contributed by atoms with Crippen molar-refractivity contribution in [1.29, 1.82) is 0 Å². The lowest BCUT2D eigenvalue weighted by molar-refractivity contribution is 1.06. The second-order valence-corrected chi connectivity index (χ2v) is 4.89. The summed E-state index contributed by atoms with van der Waals surface area (Å²) in [6.07, 6.45) is 1.46. The van der Waals surface area contributed by atoms with Gasteiger partial charge in [0.2, 0.25) is 0 Å². The third-order valence-electron chi connectivity index (χ3n) is 2.40. The lowest BCUT2D eigenvalue weighted by Crippen LogP contribution is -2.03. The van der Waals surface area contributed by atoms with Gasteiger partial charge in [0, 0.05) is 16.6 Å². The quantitative estimate of drug-likeness (QED) is 0.876. The molecule has 0 unspecified atom stereocenters. The van der Waals surface area contributed by atoms with Gasteiger partial charge in [-0.25, -0.2) is 9.97 Å². The van der Waals surface area contributed by atoms with Crippen molar-refractivity contribution >= 4 is 33.3 Å². The predicted molar refractivity (Wildman–Crippen MR) is 73.2 cm³/mol. The van der Waals surface area contributed by atoms with Gasteiger partial charge in [-0.15, -0.1) is 0 Å². The van der Waals surface area contributed by atoms with Crippen molar-refractivity contribution in [3.8, 4) is 0 Å². The van der Waals surface area contributed by atoms with Crippen LogP contribution in [0.1, 0.15) is 11.1 Å². The normalized spacial score (nSPS) is 10.3. The van der Waals surface area contributed by atoms with Crippen LogP contribution >= 0.6 is 27.5 Å². The molecule has 2 aromatic rings. The first-order valence-corrected chi connectivity index (χ1v) is 6.29. The molecular weight excluding hydrogens is 302 g/mol. The minimum absolute atomic E-state index is 0.485. The average Bonchev–Trinajstić information content (AvgIpc) is 2.33. The smallest absolute Gasteiger partial charge is 0.137 e. The molecule has 0 radical (unpaired) electrons. The summed E-state index contributed by atoms with van der Waals surface area (Å²) in [6, 6.07) is 8.12. The van der Waals surface area contributed by atoms with E-state index in [-0.39, 0.29) is 0 Å². The van der Waals surface area contributed by atoms with Gasteiger partial charge in [0.05, 0.1) is 0 Å². The van der Waals surface area contributed by atoms with Crippen LogP contribution in [0.25, 0.3) is 0 Å². The third-order valence-corrected chi connectivity index (χ3v) is 3.31. The fourth-order valence-electron chi connectivity index (χ4n) is 1.39. The molecule has 3 nitrogen and oxygen atoms in total. The van der Waals surface area contributed by atoms with Gasteiger partial charge in [-0.1, -0.05) is 39.7 Å². The van der Waals surface area contributed by atoms with Crippen molar-refractivity contribution in [3.05, 3.63) is 51.3 Å². The molecule has 0 fully saturated rings. The maximum atomic E-state index is 5.92. The Morgan fingerprint density at radius 1 is 1.24 bits per heavy atom. The van der Waals surface area contributed by atoms with Gasteiger partial charge in [-0.05, 0) is 24.6 Å². The molecule has 0 aliphatic rings. The van der Waals surface area contributed by atoms with E-state index >= 15 is 0 Å². The largest absolute Gasteiger partial charge is 0.366 e. The highest BCUT2D eigenvalue weighted by Gasteiger charge is 2.04.